The molecule has 0 unspecified atom stereocenters. The van der Waals surface area contributed by atoms with Gasteiger partial charge in [0.2, 0.25) is 0 Å². The van der Waals surface area contributed by atoms with E-state index in [9.17, 15) is 0 Å². The number of ether oxygens (including phenoxy) is 1. The van der Waals surface area contributed by atoms with E-state index in [0.29, 0.717) is 23.5 Å². The molecule has 0 spiro atoms. The third-order valence-electron chi connectivity index (χ3n) is 4.26. The van der Waals surface area contributed by atoms with E-state index in [-0.39, 0.29) is 0 Å². The van der Waals surface area contributed by atoms with E-state index in [2.05, 4.69) is 44.7 Å². The molecule has 0 radical (unpaired) electrons. The van der Waals surface area contributed by atoms with Crippen LogP contribution in [0, 0.1) is 0 Å². The molecule has 0 aliphatic carbocycles. The molecule has 5 heteroatoms. The van der Waals surface area contributed by atoms with Gasteiger partial charge >= 0.3 is 0 Å². The van der Waals surface area contributed by atoms with E-state index in [1.165, 1.54) is 0 Å². The maximum Gasteiger partial charge on any atom is 0.120 e. The highest BCUT2D eigenvalue weighted by Crippen LogP contribution is 2.32. The lowest BCUT2D eigenvalue weighted by Crippen LogP contribution is -2.38. The van der Waals surface area contributed by atoms with Crippen molar-refractivity contribution in [2.75, 3.05) is 24.6 Å². The second-order valence-electron chi connectivity index (χ2n) is 6.99. The zero-order valence-corrected chi connectivity index (χ0v) is 17.1. The second-order valence-corrected chi connectivity index (χ2v) is 8.14. The Morgan fingerprint density at radius 2 is 1.62 bits per heavy atom. The largest absolute Gasteiger partial charge is 0.494 e. The third kappa shape index (κ3) is 6.15. The monoisotopic (exact) mass is 373 g/mol. The molecule has 2 aromatic carbocycles. The summed E-state index contributed by atoms with van der Waals surface area (Å²) in [6, 6.07) is 15.0. The van der Waals surface area contributed by atoms with Crippen molar-refractivity contribution in [1.82, 2.24) is 4.90 Å². The summed E-state index contributed by atoms with van der Waals surface area (Å²) in [5.74, 6) is 0.902. The van der Waals surface area contributed by atoms with Crippen LogP contribution in [0.5, 0.6) is 5.75 Å². The normalized spacial score (nSPS) is 11.5. The van der Waals surface area contributed by atoms with Crippen molar-refractivity contribution in [2.45, 2.75) is 56.0 Å². The molecule has 0 saturated carbocycles. The molecule has 0 heterocycles. The number of nitrogen functional groups attached to an aromatic ring is 2. The van der Waals surface area contributed by atoms with Crippen molar-refractivity contribution >= 4 is 23.1 Å². The number of nitrogens with zero attached hydrogens (tertiary/aromatic N) is 1. The molecule has 0 atom stereocenters. The molecule has 0 saturated heterocycles. The van der Waals surface area contributed by atoms with Gasteiger partial charge in [-0.05, 0) is 70.5 Å². The summed E-state index contributed by atoms with van der Waals surface area (Å²) < 4.78 is 5.95. The summed E-state index contributed by atoms with van der Waals surface area (Å²) in [7, 11) is 0. The number of anilines is 2. The molecule has 26 heavy (non-hydrogen) atoms. The van der Waals surface area contributed by atoms with Gasteiger partial charge in [0.05, 0.1) is 18.0 Å². The number of nitrogens with two attached hydrogens (primary N) is 2. The zero-order valence-electron chi connectivity index (χ0n) is 16.2. The summed E-state index contributed by atoms with van der Waals surface area (Å²) >= 11 is 1.65. The van der Waals surface area contributed by atoms with Crippen molar-refractivity contribution in [2.24, 2.45) is 0 Å². The predicted octanol–water partition coefficient (Wildman–Crippen LogP) is 4.89. The Hall–Kier alpha value is -1.85. The molecule has 142 valence electrons. The Balaban J connectivity index is 1.87. The van der Waals surface area contributed by atoms with Crippen molar-refractivity contribution in [3.8, 4) is 5.75 Å². The van der Waals surface area contributed by atoms with Crippen molar-refractivity contribution in [3.63, 3.8) is 0 Å². The highest BCUT2D eigenvalue weighted by Gasteiger charge is 2.12. The van der Waals surface area contributed by atoms with Crippen LogP contribution in [0.1, 0.15) is 34.1 Å². The summed E-state index contributed by atoms with van der Waals surface area (Å²) in [4.78, 5) is 4.68. The lowest BCUT2D eigenvalue weighted by atomic mass is 10.2. The Labute approximate surface area is 161 Å². The molecule has 4 N–H and O–H groups in total. The first kappa shape index (κ1) is 20.5. The van der Waals surface area contributed by atoms with Crippen LogP contribution >= 0.6 is 11.8 Å². The average molecular weight is 374 g/mol. The van der Waals surface area contributed by atoms with Crippen LogP contribution < -0.4 is 16.2 Å². The molecule has 0 fully saturated rings. The van der Waals surface area contributed by atoms with Crippen molar-refractivity contribution in [1.29, 1.82) is 0 Å². The SMILES string of the molecule is CC(C)N(CCCOc1cccc(Sc2ccc(N)c(N)c2)c1)C(C)C. The van der Waals surface area contributed by atoms with Gasteiger partial charge in [0.15, 0.2) is 0 Å². The summed E-state index contributed by atoms with van der Waals surface area (Å²) in [5.41, 5.74) is 12.9. The summed E-state index contributed by atoms with van der Waals surface area (Å²) in [5, 5.41) is 0. The quantitative estimate of drug-likeness (QED) is 0.484. The van der Waals surface area contributed by atoms with Gasteiger partial charge in [-0.2, -0.15) is 0 Å². The van der Waals surface area contributed by atoms with Gasteiger partial charge in [0.25, 0.3) is 0 Å². The van der Waals surface area contributed by atoms with Gasteiger partial charge in [-0.15, -0.1) is 0 Å². The average Bonchev–Trinajstić information content (AvgIpc) is 2.57. The number of hydrogen-bond donors (Lipinski definition) is 2. The molecule has 2 aromatic rings. The fourth-order valence-electron chi connectivity index (χ4n) is 2.93. The minimum atomic E-state index is 0.557. The van der Waals surface area contributed by atoms with Crippen LogP contribution in [-0.2, 0) is 0 Å². The van der Waals surface area contributed by atoms with Gasteiger partial charge in [-0.1, -0.05) is 17.8 Å². The first-order chi connectivity index (χ1) is 12.4. The maximum absolute atomic E-state index is 5.95. The molecule has 4 nitrogen and oxygen atoms in total. The van der Waals surface area contributed by atoms with Crippen LogP contribution in [0.4, 0.5) is 11.4 Å². The van der Waals surface area contributed by atoms with E-state index in [1.807, 2.05) is 30.3 Å². The minimum Gasteiger partial charge on any atom is -0.494 e. The summed E-state index contributed by atoms with van der Waals surface area (Å²) in [6.45, 7) is 10.7. The van der Waals surface area contributed by atoms with Crippen LogP contribution in [-0.4, -0.2) is 30.1 Å². The fraction of sp³-hybridized carbons (Fsp3) is 0.429. The van der Waals surface area contributed by atoms with E-state index >= 15 is 0 Å². The van der Waals surface area contributed by atoms with E-state index in [4.69, 9.17) is 16.2 Å². The standard InChI is InChI=1S/C21H31N3OS/c1-15(2)24(16(3)4)11-6-12-25-17-7-5-8-18(13-17)26-19-9-10-20(22)21(23)14-19/h5,7-10,13-16H,6,11-12,22-23H2,1-4H3. The van der Waals surface area contributed by atoms with E-state index in [0.717, 1.165) is 35.1 Å². The smallest absolute Gasteiger partial charge is 0.120 e. The van der Waals surface area contributed by atoms with Crippen molar-refractivity contribution < 1.29 is 4.74 Å². The number of rotatable bonds is 9. The fourth-order valence-corrected chi connectivity index (χ4v) is 3.85. The Kier molecular flexibility index (Phi) is 7.66. The van der Waals surface area contributed by atoms with Gasteiger partial charge in [0.1, 0.15) is 5.75 Å². The summed E-state index contributed by atoms with van der Waals surface area (Å²) in [6.07, 6.45) is 1.02. The lowest BCUT2D eigenvalue weighted by molar-refractivity contribution is 0.160. The lowest BCUT2D eigenvalue weighted by Gasteiger charge is -2.30. The predicted molar refractivity (Wildman–Crippen MR) is 113 cm³/mol. The van der Waals surface area contributed by atoms with Crippen molar-refractivity contribution in [3.05, 3.63) is 42.5 Å². The molecule has 2 rings (SSSR count). The maximum atomic E-state index is 5.95. The van der Waals surface area contributed by atoms with Gasteiger partial charge in [-0.25, -0.2) is 0 Å². The first-order valence-electron chi connectivity index (χ1n) is 9.18. The Morgan fingerprint density at radius 3 is 2.27 bits per heavy atom. The van der Waals surface area contributed by atoms with Gasteiger partial charge in [-0.3, -0.25) is 4.90 Å². The van der Waals surface area contributed by atoms with Gasteiger partial charge < -0.3 is 16.2 Å². The van der Waals surface area contributed by atoms with Crippen LogP contribution in [0.3, 0.4) is 0 Å². The minimum absolute atomic E-state index is 0.557. The molecule has 0 aromatic heterocycles. The van der Waals surface area contributed by atoms with Crippen LogP contribution in [0.2, 0.25) is 0 Å². The second kappa shape index (κ2) is 9.74. The highest BCUT2D eigenvalue weighted by atomic mass is 32.2. The van der Waals surface area contributed by atoms with E-state index < -0.39 is 0 Å². The topological polar surface area (TPSA) is 64.5 Å². The van der Waals surface area contributed by atoms with Gasteiger partial charge in [0, 0.05) is 28.4 Å². The molecular weight excluding hydrogens is 342 g/mol. The third-order valence-corrected chi connectivity index (χ3v) is 5.23. The van der Waals surface area contributed by atoms with Crippen LogP contribution in [0.25, 0.3) is 0 Å². The Morgan fingerprint density at radius 1 is 0.923 bits per heavy atom. The zero-order chi connectivity index (χ0) is 19.1. The number of hydrogen-bond acceptors (Lipinski definition) is 5. The Bertz CT molecular complexity index is 695. The first-order valence-corrected chi connectivity index (χ1v) is 10.00. The van der Waals surface area contributed by atoms with E-state index in [1.54, 1.807) is 11.8 Å². The highest BCUT2D eigenvalue weighted by molar-refractivity contribution is 7.99. The molecule has 0 aliphatic heterocycles. The molecule has 0 amide bonds. The molecule has 0 bridgehead atoms. The molecule has 0 aliphatic rings. The van der Waals surface area contributed by atoms with Crippen LogP contribution in [0.15, 0.2) is 52.3 Å². The number of benzene rings is 2. The molecular formula is C21H31N3OS.